The third-order valence-corrected chi connectivity index (χ3v) is 8.74. The van der Waals surface area contributed by atoms with Gasteiger partial charge >= 0.3 is 0 Å². The van der Waals surface area contributed by atoms with Gasteiger partial charge in [-0.25, -0.2) is 16.8 Å². The molecule has 1 aromatic carbocycles. The summed E-state index contributed by atoms with van der Waals surface area (Å²) in [5.74, 6) is 0.497. The Morgan fingerprint density at radius 1 is 0.897 bits per heavy atom. The zero-order valence-electron chi connectivity index (χ0n) is 17.0. The molecule has 0 aliphatic carbocycles. The van der Waals surface area contributed by atoms with Crippen LogP contribution < -0.4 is 0 Å². The van der Waals surface area contributed by atoms with Gasteiger partial charge in [0.25, 0.3) is 0 Å². The van der Waals surface area contributed by atoms with Crippen LogP contribution >= 0.6 is 0 Å². The van der Waals surface area contributed by atoms with E-state index in [1.54, 1.807) is 16.8 Å². The van der Waals surface area contributed by atoms with Gasteiger partial charge in [-0.2, -0.15) is 13.7 Å². The number of hydrogen-bond donors (Lipinski definition) is 0. The van der Waals surface area contributed by atoms with Crippen molar-refractivity contribution in [3.05, 3.63) is 42.2 Å². The van der Waals surface area contributed by atoms with Crippen molar-refractivity contribution in [1.29, 1.82) is 0 Å². The summed E-state index contributed by atoms with van der Waals surface area (Å²) in [6, 6.07) is 6.96. The van der Waals surface area contributed by atoms with Crippen molar-refractivity contribution in [3.8, 4) is 0 Å². The number of piperazine rings is 1. The van der Waals surface area contributed by atoms with Crippen LogP contribution in [-0.2, 0) is 33.0 Å². The number of benzene rings is 1. The highest BCUT2D eigenvalue weighted by Crippen LogP contribution is 2.22. The molecule has 1 aromatic heterocycles. The third-order valence-electron chi connectivity index (χ3n) is 4.97. The largest absolute Gasteiger partial charge is 0.272 e. The first kappa shape index (κ1) is 21.9. The maximum Gasteiger partial charge on any atom is 0.246 e. The Morgan fingerprint density at radius 2 is 1.41 bits per heavy atom. The van der Waals surface area contributed by atoms with Crippen LogP contribution in [0.1, 0.15) is 26.3 Å². The second-order valence-electron chi connectivity index (χ2n) is 7.58. The summed E-state index contributed by atoms with van der Waals surface area (Å²) in [4.78, 5) is 0.377. The zero-order chi connectivity index (χ0) is 21.2. The van der Waals surface area contributed by atoms with Crippen molar-refractivity contribution in [2.24, 2.45) is 5.92 Å². The van der Waals surface area contributed by atoms with E-state index in [4.69, 9.17) is 0 Å². The average Bonchev–Trinajstić information content (AvgIpc) is 3.18. The third kappa shape index (κ3) is 4.71. The minimum absolute atomic E-state index is 0.115. The van der Waals surface area contributed by atoms with E-state index in [0.29, 0.717) is 12.5 Å². The molecule has 0 radical (unpaired) electrons. The minimum atomic E-state index is -3.67. The molecule has 2 aromatic rings. The van der Waals surface area contributed by atoms with E-state index in [0.717, 1.165) is 12.0 Å². The summed E-state index contributed by atoms with van der Waals surface area (Å²) in [7, 11) is -7.32. The fraction of sp³-hybridized carbons (Fsp3) is 0.526. The van der Waals surface area contributed by atoms with Gasteiger partial charge in [0, 0.05) is 38.9 Å². The molecular weight excluding hydrogens is 412 g/mol. The molecular formula is C19H28N4O4S2. The van der Waals surface area contributed by atoms with E-state index in [-0.39, 0.29) is 36.0 Å². The van der Waals surface area contributed by atoms with Crippen molar-refractivity contribution in [3.63, 3.8) is 0 Å². The molecule has 1 fully saturated rings. The second kappa shape index (κ2) is 8.55. The van der Waals surface area contributed by atoms with Gasteiger partial charge in [0.15, 0.2) is 0 Å². The van der Waals surface area contributed by atoms with E-state index in [1.165, 1.54) is 21.0 Å². The van der Waals surface area contributed by atoms with Gasteiger partial charge in [0.2, 0.25) is 20.0 Å². The Balaban J connectivity index is 1.69. The fourth-order valence-corrected chi connectivity index (χ4v) is 6.17. The number of aromatic nitrogens is 2. The first-order valence-electron chi connectivity index (χ1n) is 9.76. The van der Waals surface area contributed by atoms with Crippen molar-refractivity contribution < 1.29 is 16.8 Å². The van der Waals surface area contributed by atoms with E-state index in [9.17, 15) is 16.8 Å². The molecule has 0 unspecified atom stereocenters. The predicted octanol–water partition coefficient (Wildman–Crippen LogP) is 1.80. The monoisotopic (exact) mass is 440 g/mol. The van der Waals surface area contributed by atoms with E-state index in [1.807, 2.05) is 19.1 Å². The van der Waals surface area contributed by atoms with Crippen molar-refractivity contribution in [2.75, 3.05) is 26.2 Å². The van der Waals surface area contributed by atoms with Gasteiger partial charge < -0.3 is 0 Å². The van der Waals surface area contributed by atoms with Crippen LogP contribution in [0.3, 0.4) is 0 Å². The van der Waals surface area contributed by atoms with E-state index in [2.05, 4.69) is 18.9 Å². The van der Waals surface area contributed by atoms with Gasteiger partial charge in [0.05, 0.1) is 11.1 Å². The number of aryl methyl sites for hydroxylation is 1. The minimum Gasteiger partial charge on any atom is -0.272 e. The molecule has 29 heavy (non-hydrogen) atoms. The van der Waals surface area contributed by atoms with Gasteiger partial charge in [-0.3, -0.25) is 4.68 Å². The predicted molar refractivity (Wildman–Crippen MR) is 110 cm³/mol. The van der Waals surface area contributed by atoms with E-state index >= 15 is 0 Å². The van der Waals surface area contributed by atoms with Crippen LogP contribution in [-0.4, -0.2) is 61.4 Å². The van der Waals surface area contributed by atoms with Crippen molar-refractivity contribution >= 4 is 20.0 Å². The van der Waals surface area contributed by atoms with Crippen molar-refractivity contribution in [1.82, 2.24) is 18.4 Å². The Labute approximate surface area is 173 Å². The zero-order valence-corrected chi connectivity index (χ0v) is 18.7. The normalized spacial score (nSPS) is 17.1. The Morgan fingerprint density at radius 3 is 1.86 bits per heavy atom. The van der Waals surface area contributed by atoms with E-state index < -0.39 is 20.0 Å². The van der Waals surface area contributed by atoms with Gasteiger partial charge in [-0.05, 0) is 37.0 Å². The molecule has 1 aliphatic rings. The standard InChI is InChI=1S/C19H28N4O4S2/c1-4-21-15-19(14-20-21)29(26,27)23-11-9-22(10-12-23)28(24,25)18-7-5-17(6-8-18)13-16(2)3/h5-8,14-16H,4,9-13H2,1-3H3. The maximum atomic E-state index is 12.9. The molecule has 1 aliphatic heterocycles. The van der Waals surface area contributed by atoms with Crippen LogP contribution in [0.25, 0.3) is 0 Å². The first-order chi connectivity index (χ1) is 13.6. The summed E-state index contributed by atoms with van der Waals surface area (Å²) < 4.78 is 55.6. The Kier molecular flexibility index (Phi) is 6.47. The molecule has 0 atom stereocenters. The average molecular weight is 441 g/mol. The van der Waals surface area contributed by atoms with Crippen LogP contribution in [0, 0.1) is 5.92 Å². The molecule has 1 saturated heterocycles. The lowest BCUT2D eigenvalue weighted by molar-refractivity contribution is 0.273. The van der Waals surface area contributed by atoms with Crippen LogP contribution in [0.5, 0.6) is 0 Å². The molecule has 0 amide bonds. The maximum absolute atomic E-state index is 12.9. The molecule has 0 spiro atoms. The lowest BCUT2D eigenvalue weighted by atomic mass is 10.0. The quantitative estimate of drug-likeness (QED) is 0.655. The fourth-order valence-electron chi connectivity index (χ4n) is 3.37. The SMILES string of the molecule is CCn1cc(S(=O)(=O)N2CCN(S(=O)(=O)c3ccc(CC(C)C)cc3)CC2)cn1. The topological polar surface area (TPSA) is 92.6 Å². The summed E-state index contributed by atoms with van der Waals surface area (Å²) in [5, 5.41) is 4.02. The molecule has 2 heterocycles. The van der Waals surface area contributed by atoms with Crippen LogP contribution in [0.4, 0.5) is 0 Å². The van der Waals surface area contributed by atoms with Gasteiger partial charge in [-0.15, -0.1) is 0 Å². The second-order valence-corrected chi connectivity index (χ2v) is 11.5. The van der Waals surface area contributed by atoms with Gasteiger partial charge in [0.1, 0.15) is 4.90 Å². The smallest absolute Gasteiger partial charge is 0.246 e. The molecule has 160 valence electrons. The summed E-state index contributed by atoms with van der Waals surface area (Å²) in [5.41, 5.74) is 1.10. The lowest BCUT2D eigenvalue weighted by Gasteiger charge is -2.33. The number of nitrogens with zero attached hydrogens (tertiary/aromatic N) is 4. The highest BCUT2D eigenvalue weighted by Gasteiger charge is 2.34. The Bertz CT molecular complexity index is 1040. The summed E-state index contributed by atoms with van der Waals surface area (Å²) in [6.07, 6.45) is 3.73. The first-order valence-corrected chi connectivity index (χ1v) is 12.6. The van der Waals surface area contributed by atoms with Crippen molar-refractivity contribution in [2.45, 2.75) is 43.5 Å². The highest BCUT2D eigenvalue weighted by molar-refractivity contribution is 7.89. The molecule has 0 saturated carbocycles. The van der Waals surface area contributed by atoms with Crippen LogP contribution in [0.2, 0.25) is 0 Å². The highest BCUT2D eigenvalue weighted by atomic mass is 32.2. The lowest BCUT2D eigenvalue weighted by Crippen LogP contribution is -2.50. The summed E-state index contributed by atoms with van der Waals surface area (Å²) >= 11 is 0. The molecule has 3 rings (SSSR count). The Hall–Kier alpha value is -1.75. The number of rotatable bonds is 7. The summed E-state index contributed by atoms with van der Waals surface area (Å²) in [6.45, 7) is 7.17. The number of hydrogen-bond acceptors (Lipinski definition) is 5. The number of sulfonamides is 2. The molecule has 0 N–H and O–H groups in total. The molecule has 10 heteroatoms. The van der Waals surface area contributed by atoms with Crippen LogP contribution in [0.15, 0.2) is 46.5 Å². The molecule has 0 bridgehead atoms. The van der Waals surface area contributed by atoms with Gasteiger partial charge in [-0.1, -0.05) is 26.0 Å². The molecule has 8 nitrogen and oxygen atoms in total.